The first-order valence-corrected chi connectivity index (χ1v) is 14.3. The molecule has 0 radical (unpaired) electrons. The molecule has 0 saturated carbocycles. The Bertz CT molecular complexity index is 1530. The minimum atomic E-state index is -0.603. The van der Waals surface area contributed by atoms with Crippen LogP contribution in [0.3, 0.4) is 0 Å². The number of benzene rings is 3. The van der Waals surface area contributed by atoms with Crippen LogP contribution in [0.15, 0.2) is 66.7 Å². The highest BCUT2D eigenvalue weighted by molar-refractivity contribution is 5.94. The van der Waals surface area contributed by atoms with Gasteiger partial charge in [-0.25, -0.2) is 0 Å². The molecule has 1 heterocycles. The van der Waals surface area contributed by atoms with E-state index in [2.05, 4.69) is 49.5 Å². The first kappa shape index (κ1) is 30.6. The van der Waals surface area contributed by atoms with E-state index in [4.69, 9.17) is 19.3 Å². The van der Waals surface area contributed by atoms with Gasteiger partial charge in [0, 0.05) is 6.04 Å². The van der Waals surface area contributed by atoms with Gasteiger partial charge in [-0.2, -0.15) is 5.10 Å². The molecular formula is C34H41N3O5. The Balaban J connectivity index is 1.71. The molecule has 1 aromatic heterocycles. The van der Waals surface area contributed by atoms with Crippen LogP contribution in [-0.2, 0) is 16.1 Å². The molecule has 222 valence electrons. The number of rotatable bonds is 11. The molecule has 0 aliphatic carbocycles. The summed E-state index contributed by atoms with van der Waals surface area (Å²) in [4.78, 5) is 26.3. The number of nitrogens with zero attached hydrogens (tertiary/aromatic N) is 2. The van der Waals surface area contributed by atoms with Crippen molar-refractivity contribution in [3.8, 4) is 22.8 Å². The lowest BCUT2D eigenvalue weighted by molar-refractivity contribution is -0.155. The fourth-order valence-corrected chi connectivity index (χ4v) is 5.07. The van der Waals surface area contributed by atoms with E-state index >= 15 is 0 Å². The summed E-state index contributed by atoms with van der Waals surface area (Å²) in [5.74, 6) is 0.745. The van der Waals surface area contributed by atoms with Crippen molar-refractivity contribution in [3.05, 3.63) is 78.0 Å². The molecule has 0 unspecified atom stereocenters. The monoisotopic (exact) mass is 571 g/mol. The van der Waals surface area contributed by atoms with Crippen molar-refractivity contribution in [2.75, 3.05) is 14.2 Å². The molecule has 0 saturated heterocycles. The number of hydrogen-bond donors (Lipinski definition) is 1. The fraction of sp³-hybridized carbons (Fsp3) is 0.382. The van der Waals surface area contributed by atoms with E-state index in [1.807, 2.05) is 51.1 Å². The molecule has 0 bridgehead atoms. The minimum absolute atomic E-state index is 0.0756. The maximum absolute atomic E-state index is 13.6. The molecule has 4 aromatic rings. The molecule has 0 aliphatic heterocycles. The van der Waals surface area contributed by atoms with Crippen molar-refractivity contribution in [2.24, 2.45) is 5.92 Å². The van der Waals surface area contributed by atoms with Crippen LogP contribution in [0.25, 0.3) is 22.0 Å². The quantitative estimate of drug-likeness (QED) is 0.203. The molecule has 42 heavy (non-hydrogen) atoms. The van der Waals surface area contributed by atoms with E-state index in [-0.39, 0.29) is 29.9 Å². The zero-order chi connectivity index (χ0) is 30.4. The van der Waals surface area contributed by atoms with Crippen molar-refractivity contribution in [2.45, 2.75) is 65.6 Å². The Kier molecular flexibility index (Phi) is 9.55. The Labute approximate surface area is 248 Å². The van der Waals surface area contributed by atoms with Gasteiger partial charge in [0.1, 0.15) is 17.1 Å². The molecule has 1 atom stereocenters. The third-order valence-electron chi connectivity index (χ3n) is 6.77. The van der Waals surface area contributed by atoms with Crippen LogP contribution in [0.5, 0.6) is 11.5 Å². The van der Waals surface area contributed by atoms with Crippen LogP contribution in [0, 0.1) is 5.92 Å². The summed E-state index contributed by atoms with van der Waals surface area (Å²) in [6.07, 6.45) is 0.697. The lowest BCUT2D eigenvalue weighted by atomic mass is 10.0. The zero-order valence-corrected chi connectivity index (χ0v) is 25.6. The fourth-order valence-electron chi connectivity index (χ4n) is 5.07. The second kappa shape index (κ2) is 13.1. The lowest BCUT2D eigenvalue weighted by Crippen LogP contribution is -2.39. The summed E-state index contributed by atoms with van der Waals surface area (Å²) >= 11 is 0. The lowest BCUT2D eigenvalue weighted by Gasteiger charge is -2.23. The molecule has 1 N–H and O–H groups in total. The third-order valence-corrected chi connectivity index (χ3v) is 6.77. The number of amides is 1. The normalized spacial score (nSPS) is 12.3. The van der Waals surface area contributed by atoms with Gasteiger partial charge in [0.15, 0.2) is 5.69 Å². The summed E-state index contributed by atoms with van der Waals surface area (Å²) in [7, 11) is 3.20. The Hall–Kier alpha value is -4.33. The number of methoxy groups -OCH3 is 2. The second-order valence-corrected chi connectivity index (χ2v) is 11.9. The summed E-state index contributed by atoms with van der Waals surface area (Å²) in [5, 5.41) is 10.1. The van der Waals surface area contributed by atoms with E-state index < -0.39 is 11.6 Å². The maximum atomic E-state index is 13.6. The van der Waals surface area contributed by atoms with Crippen molar-refractivity contribution < 1.29 is 23.8 Å². The molecule has 1 amide bonds. The van der Waals surface area contributed by atoms with Gasteiger partial charge in [-0.05, 0) is 73.7 Å². The Morgan fingerprint density at radius 1 is 0.905 bits per heavy atom. The zero-order valence-electron chi connectivity index (χ0n) is 25.6. The number of aromatic nitrogens is 2. The highest BCUT2D eigenvalue weighted by Gasteiger charge is 2.26. The number of carbonyl (C=O) groups excluding carboxylic acids is 2. The predicted octanol–water partition coefficient (Wildman–Crippen LogP) is 6.65. The highest BCUT2D eigenvalue weighted by Crippen LogP contribution is 2.39. The van der Waals surface area contributed by atoms with Crippen LogP contribution in [0.4, 0.5) is 0 Å². The molecule has 8 nitrogen and oxygen atoms in total. The largest absolute Gasteiger partial charge is 0.496 e. The van der Waals surface area contributed by atoms with Crippen molar-refractivity contribution in [1.29, 1.82) is 0 Å². The summed E-state index contributed by atoms with van der Waals surface area (Å²) in [5.41, 5.74) is 2.03. The summed E-state index contributed by atoms with van der Waals surface area (Å²) in [6, 6.07) is 21.3. The first-order chi connectivity index (χ1) is 20.0. The van der Waals surface area contributed by atoms with Gasteiger partial charge < -0.3 is 19.5 Å². The first-order valence-electron chi connectivity index (χ1n) is 14.3. The number of nitrogens with one attached hydrogen (secondary N) is 1. The van der Waals surface area contributed by atoms with Gasteiger partial charge in [-0.3, -0.25) is 14.3 Å². The van der Waals surface area contributed by atoms with Gasteiger partial charge in [0.25, 0.3) is 5.91 Å². The number of esters is 1. The number of ether oxygens (including phenoxy) is 3. The van der Waals surface area contributed by atoms with Gasteiger partial charge in [-0.1, -0.05) is 56.3 Å². The molecule has 0 fully saturated rings. The van der Waals surface area contributed by atoms with E-state index in [1.165, 1.54) is 0 Å². The van der Waals surface area contributed by atoms with Gasteiger partial charge in [0.2, 0.25) is 0 Å². The van der Waals surface area contributed by atoms with Crippen molar-refractivity contribution in [3.63, 3.8) is 0 Å². The van der Waals surface area contributed by atoms with Crippen molar-refractivity contribution in [1.82, 2.24) is 15.1 Å². The second-order valence-electron chi connectivity index (χ2n) is 11.9. The molecular weight excluding hydrogens is 530 g/mol. The van der Waals surface area contributed by atoms with Gasteiger partial charge in [0.05, 0.1) is 38.4 Å². The SMILES string of the molecule is COc1cccc(OC)c1-c1cc(C(=O)N[C@H](CC(=O)OC(C)(C)C)CC(C)C)nn1Cc1ccc2ccccc2c1. The van der Waals surface area contributed by atoms with Gasteiger partial charge in [-0.15, -0.1) is 0 Å². The van der Waals surface area contributed by atoms with Crippen molar-refractivity contribution >= 4 is 22.6 Å². The Morgan fingerprint density at radius 3 is 2.19 bits per heavy atom. The van der Waals surface area contributed by atoms with Crippen LogP contribution in [0.1, 0.15) is 63.5 Å². The van der Waals surface area contributed by atoms with E-state index in [1.54, 1.807) is 25.0 Å². The molecule has 0 spiro atoms. The average molecular weight is 572 g/mol. The van der Waals surface area contributed by atoms with E-state index in [0.717, 1.165) is 16.3 Å². The van der Waals surface area contributed by atoms with Crippen LogP contribution < -0.4 is 14.8 Å². The minimum Gasteiger partial charge on any atom is -0.496 e. The third kappa shape index (κ3) is 7.69. The summed E-state index contributed by atoms with van der Waals surface area (Å²) < 4.78 is 18.7. The standard InChI is InChI=1S/C34H41N3O5/c1-22(2)17-26(19-31(38)42-34(3,4)5)35-33(39)27-20-28(32-29(40-6)13-10-14-30(32)41-7)37(36-27)21-23-15-16-24-11-8-9-12-25(24)18-23/h8-16,18,20,22,26H,17,19,21H2,1-7H3,(H,35,39)/t26-/m0/s1. The van der Waals surface area contributed by atoms with E-state index in [0.29, 0.717) is 35.7 Å². The molecule has 4 rings (SSSR count). The smallest absolute Gasteiger partial charge is 0.308 e. The summed E-state index contributed by atoms with van der Waals surface area (Å²) in [6.45, 7) is 10.0. The highest BCUT2D eigenvalue weighted by atomic mass is 16.6. The van der Waals surface area contributed by atoms with Crippen LogP contribution in [-0.4, -0.2) is 47.5 Å². The maximum Gasteiger partial charge on any atom is 0.308 e. The number of carbonyl (C=O) groups is 2. The topological polar surface area (TPSA) is 91.7 Å². The Morgan fingerprint density at radius 2 is 1.57 bits per heavy atom. The average Bonchev–Trinajstić information content (AvgIpc) is 3.34. The molecule has 0 aliphatic rings. The number of hydrogen-bond acceptors (Lipinski definition) is 6. The van der Waals surface area contributed by atoms with Gasteiger partial charge >= 0.3 is 5.97 Å². The predicted molar refractivity (Wildman–Crippen MR) is 165 cm³/mol. The van der Waals surface area contributed by atoms with Crippen LogP contribution in [0.2, 0.25) is 0 Å². The molecule has 8 heteroatoms. The molecule has 3 aromatic carbocycles. The van der Waals surface area contributed by atoms with E-state index in [9.17, 15) is 9.59 Å². The van der Waals surface area contributed by atoms with Crippen LogP contribution >= 0.6 is 0 Å². The number of fused-ring (bicyclic) bond motifs is 1.